The van der Waals surface area contributed by atoms with Gasteiger partial charge in [-0.2, -0.15) is 0 Å². The Morgan fingerprint density at radius 3 is 2.64 bits per heavy atom. The van der Waals surface area contributed by atoms with E-state index in [0.29, 0.717) is 30.2 Å². The number of hydrogen-bond acceptors (Lipinski definition) is 4. The molecule has 1 fully saturated rings. The second-order valence-corrected chi connectivity index (χ2v) is 7.44. The van der Waals surface area contributed by atoms with Gasteiger partial charge in [0.2, 0.25) is 0 Å². The minimum absolute atomic E-state index is 0. The summed E-state index contributed by atoms with van der Waals surface area (Å²) in [5.74, 6) is 1.12. The van der Waals surface area contributed by atoms with Crippen LogP contribution in [-0.4, -0.2) is 39.3 Å². The number of piperidine rings is 1. The maximum atomic E-state index is 12.5. The Labute approximate surface area is 164 Å². The van der Waals surface area contributed by atoms with Crippen molar-refractivity contribution in [2.75, 3.05) is 33.4 Å². The Morgan fingerprint density at radius 1 is 1.36 bits per heavy atom. The maximum absolute atomic E-state index is 12.5. The first kappa shape index (κ1) is 22.1. The molecule has 142 valence electrons. The highest BCUT2D eigenvalue weighted by Gasteiger charge is 2.27. The third-order valence-electron chi connectivity index (χ3n) is 4.43. The number of nitrogens with one attached hydrogen (secondary N) is 2. The maximum Gasteiger partial charge on any atom is 0.251 e. The van der Waals surface area contributed by atoms with Crippen LogP contribution in [0.5, 0.6) is 11.5 Å². The number of halogens is 2. The van der Waals surface area contributed by atoms with Crippen LogP contribution < -0.4 is 20.1 Å². The number of carbonyl (C=O) groups is 1. The van der Waals surface area contributed by atoms with Gasteiger partial charge in [-0.25, -0.2) is 0 Å². The van der Waals surface area contributed by atoms with E-state index >= 15 is 0 Å². The lowest BCUT2D eigenvalue weighted by Gasteiger charge is -2.34. The Hall–Kier alpha value is -0.980. The lowest BCUT2D eigenvalue weighted by Crippen LogP contribution is -2.42. The third kappa shape index (κ3) is 6.04. The van der Waals surface area contributed by atoms with Crippen molar-refractivity contribution in [2.24, 2.45) is 5.41 Å². The molecule has 0 aromatic heterocycles. The molecule has 25 heavy (non-hydrogen) atoms. The van der Waals surface area contributed by atoms with Crippen LogP contribution >= 0.6 is 28.3 Å². The van der Waals surface area contributed by atoms with Gasteiger partial charge in [-0.3, -0.25) is 4.79 Å². The summed E-state index contributed by atoms with van der Waals surface area (Å²) in [6.45, 7) is 7.58. The van der Waals surface area contributed by atoms with Crippen LogP contribution in [0.4, 0.5) is 0 Å². The first-order chi connectivity index (χ1) is 11.5. The molecule has 1 amide bonds. The molecule has 0 unspecified atom stereocenters. The number of methoxy groups -OCH3 is 1. The smallest absolute Gasteiger partial charge is 0.251 e. The van der Waals surface area contributed by atoms with E-state index < -0.39 is 0 Å². The zero-order valence-electron chi connectivity index (χ0n) is 15.1. The van der Waals surface area contributed by atoms with E-state index in [9.17, 15) is 4.79 Å². The highest BCUT2D eigenvalue weighted by molar-refractivity contribution is 9.10. The van der Waals surface area contributed by atoms with E-state index in [1.54, 1.807) is 19.2 Å². The van der Waals surface area contributed by atoms with E-state index in [2.05, 4.69) is 33.5 Å². The molecule has 7 heteroatoms. The van der Waals surface area contributed by atoms with Crippen molar-refractivity contribution in [1.29, 1.82) is 0 Å². The standard InChI is InChI=1S/C18H27BrN2O3.ClH/c1-4-9-24-16-14(19)10-13(11-15(16)23-3)17(22)21-12-18(2)5-7-20-8-6-18;/h10-11,20H,4-9,12H2,1-3H3,(H,21,22);1H. The number of amides is 1. The summed E-state index contributed by atoms with van der Waals surface area (Å²) in [5, 5.41) is 6.42. The zero-order valence-corrected chi connectivity index (χ0v) is 17.5. The van der Waals surface area contributed by atoms with E-state index in [4.69, 9.17) is 9.47 Å². The number of ether oxygens (including phenoxy) is 2. The van der Waals surface area contributed by atoms with E-state index in [-0.39, 0.29) is 23.7 Å². The second-order valence-electron chi connectivity index (χ2n) is 6.58. The van der Waals surface area contributed by atoms with Gasteiger partial charge in [0.1, 0.15) is 0 Å². The van der Waals surface area contributed by atoms with Crippen LogP contribution in [0.3, 0.4) is 0 Å². The van der Waals surface area contributed by atoms with Crippen molar-refractivity contribution in [3.63, 3.8) is 0 Å². The van der Waals surface area contributed by atoms with Crippen molar-refractivity contribution in [1.82, 2.24) is 10.6 Å². The molecule has 0 atom stereocenters. The molecule has 2 N–H and O–H groups in total. The summed E-state index contributed by atoms with van der Waals surface area (Å²) in [4.78, 5) is 12.5. The van der Waals surface area contributed by atoms with Gasteiger partial charge < -0.3 is 20.1 Å². The fourth-order valence-electron chi connectivity index (χ4n) is 2.80. The predicted molar refractivity (Wildman–Crippen MR) is 106 cm³/mol. The molecule has 0 radical (unpaired) electrons. The first-order valence-corrected chi connectivity index (χ1v) is 9.27. The lowest BCUT2D eigenvalue weighted by atomic mass is 9.81. The Balaban J connectivity index is 0.00000312. The van der Waals surface area contributed by atoms with Crippen LogP contribution in [0.1, 0.15) is 43.5 Å². The van der Waals surface area contributed by atoms with Crippen molar-refractivity contribution in [3.8, 4) is 11.5 Å². The van der Waals surface area contributed by atoms with E-state index in [1.165, 1.54) is 0 Å². The molecule has 1 saturated heterocycles. The fourth-order valence-corrected chi connectivity index (χ4v) is 3.35. The molecule has 1 heterocycles. The van der Waals surface area contributed by atoms with Gasteiger partial charge in [-0.05, 0) is 65.8 Å². The quantitative estimate of drug-likeness (QED) is 0.684. The van der Waals surface area contributed by atoms with Crippen molar-refractivity contribution < 1.29 is 14.3 Å². The van der Waals surface area contributed by atoms with Gasteiger partial charge in [0, 0.05) is 12.1 Å². The number of carbonyl (C=O) groups excluding carboxylic acids is 1. The van der Waals surface area contributed by atoms with Gasteiger partial charge in [0.05, 0.1) is 18.2 Å². The molecule has 0 saturated carbocycles. The molecule has 1 aromatic carbocycles. The summed E-state index contributed by atoms with van der Waals surface area (Å²) in [6.07, 6.45) is 3.06. The van der Waals surface area contributed by atoms with Crippen LogP contribution in [0.15, 0.2) is 16.6 Å². The molecule has 0 spiro atoms. The Kier molecular flexibility index (Phi) is 9.03. The van der Waals surface area contributed by atoms with Crippen LogP contribution in [-0.2, 0) is 0 Å². The summed E-state index contributed by atoms with van der Waals surface area (Å²) in [5.41, 5.74) is 0.729. The van der Waals surface area contributed by atoms with Crippen molar-refractivity contribution >= 4 is 34.2 Å². The normalized spacial score (nSPS) is 15.8. The predicted octanol–water partition coefficient (Wildman–Crippen LogP) is 3.79. The van der Waals surface area contributed by atoms with E-state index in [0.717, 1.165) is 36.8 Å². The summed E-state index contributed by atoms with van der Waals surface area (Å²) in [6, 6.07) is 3.52. The molecule has 1 aliphatic heterocycles. The monoisotopic (exact) mass is 434 g/mol. The molecule has 0 aliphatic carbocycles. The minimum atomic E-state index is -0.0872. The molecule has 0 bridgehead atoms. The van der Waals surface area contributed by atoms with Gasteiger partial charge in [-0.1, -0.05) is 13.8 Å². The van der Waals surface area contributed by atoms with Gasteiger partial charge in [0.25, 0.3) is 5.91 Å². The number of rotatable bonds is 7. The van der Waals surface area contributed by atoms with Crippen molar-refractivity contribution in [3.05, 3.63) is 22.2 Å². The highest BCUT2D eigenvalue weighted by atomic mass is 79.9. The van der Waals surface area contributed by atoms with Gasteiger partial charge >= 0.3 is 0 Å². The molecule has 5 nitrogen and oxygen atoms in total. The number of hydrogen-bond donors (Lipinski definition) is 2. The van der Waals surface area contributed by atoms with Crippen molar-refractivity contribution in [2.45, 2.75) is 33.1 Å². The first-order valence-electron chi connectivity index (χ1n) is 8.48. The topological polar surface area (TPSA) is 59.6 Å². The average Bonchev–Trinajstić information content (AvgIpc) is 2.58. The Bertz CT molecular complexity index is 578. The van der Waals surface area contributed by atoms with E-state index in [1.807, 2.05) is 6.92 Å². The zero-order chi connectivity index (χ0) is 17.6. The van der Waals surface area contributed by atoms with Crippen LogP contribution in [0, 0.1) is 5.41 Å². The summed E-state index contributed by atoms with van der Waals surface area (Å²) >= 11 is 3.48. The van der Waals surface area contributed by atoms with Gasteiger partial charge in [-0.15, -0.1) is 12.4 Å². The second kappa shape index (κ2) is 10.2. The van der Waals surface area contributed by atoms with Crippen LogP contribution in [0.2, 0.25) is 0 Å². The molecule has 1 aliphatic rings. The SMILES string of the molecule is CCCOc1c(Br)cc(C(=O)NCC2(C)CCNCC2)cc1OC.Cl. The molecule has 1 aromatic rings. The molecular weight excluding hydrogens is 408 g/mol. The summed E-state index contributed by atoms with van der Waals surface area (Å²) in [7, 11) is 1.58. The third-order valence-corrected chi connectivity index (χ3v) is 5.02. The lowest BCUT2D eigenvalue weighted by molar-refractivity contribution is 0.0921. The van der Waals surface area contributed by atoms with Gasteiger partial charge in [0.15, 0.2) is 11.5 Å². The minimum Gasteiger partial charge on any atom is -0.493 e. The van der Waals surface area contributed by atoms with Crippen LogP contribution in [0.25, 0.3) is 0 Å². The Morgan fingerprint density at radius 2 is 2.04 bits per heavy atom. The largest absolute Gasteiger partial charge is 0.493 e. The average molecular weight is 436 g/mol. The number of benzene rings is 1. The fraction of sp³-hybridized carbons (Fsp3) is 0.611. The molecular formula is C18H28BrClN2O3. The highest BCUT2D eigenvalue weighted by Crippen LogP contribution is 2.37. The molecule has 2 rings (SSSR count). The summed E-state index contributed by atoms with van der Waals surface area (Å²) < 4.78 is 11.8.